The first-order chi connectivity index (χ1) is 9.08. The van der Waals surface area contributed by atoms with Gasteiger partial charge in [0, 0.05) is 18.5 Å². The number of carbonyl (C=O) groups excluding carboxylic acids is 2. The van der Waals surface area contributed by atoms with Gasteiger partial charge < -0.3 is 15.2 Å². The number of ether oxygens (including phenoxy) is 2. The number of hydrogen-bond donors (Lipinski definition) is 1. The highest BCUT2D eigenvalue weighted by molar-refractivity contribution is 5.71. The van der Waals surface area contributed by atoms with E-state index in [-0.39, 0.29) is 18.4 Å². The Labute approximate surface area is 112 Å². The molecule has 5 heteroatoms. The Bertz CT molecular complexity index is 457. The van der Waals surface area contributed by atoms with E-state index in [4.69, 9.17) is 5.73 Å². The van der Waals surface area contributed by atoms with Crippen LogP contribution in [0.4, 0.5) is 5.69 Å². The van der Waals surface area contributed by atoms with Crippen molar-refractivity contribution in [2.24, 2.45) is 0 Å². The van der Waals surface area contributed by atoms with Crippen molar-refractivity contribution in [3.05, 3.63) is 29.3 Å². The van der Waals surface area contributed by atoms with Crippen molar-refractivity contribution in [2.75, 3.05) is 20.0 Å². The number of anilines is 1. The Balaban J connectivity index is 2.77. The number of esters is 2. The summed E-state index contributed by atoms with van der Waals surface area (Å²) in [5, 5.41) is 0. The van der Waals surface area contributed by atoms with E-state index >= 15 is 0 Å². The van der Waals surface area contributed by atoms with E-state index in [1.165, 1.54) is 14.2 Å². The molecule has 0 saturated carbocycles. The second kappa shape index (κ2) is 7.41. The maximum Gasteiger partial charge on any atom is 0.305 e. The highest BCUT2D eigenvalue weighted by atomic mass is 16.5. The van der Waals surface area contributed by atoms with Crippen LogP contribution in [-0.4, -0.2) is 26.2 Å². The first kappa shape index (κ1) is 15.0. The molecule has 5 nitrogen and oxygen atoms in total. The topological polar surface area (TPSA) is 78.6 Å². The zero-order valence-corrected chi connectivity index (χ0v) is 11.3. The molecule has 1 rings (SSSR count). The standard InChI is InChI=1S/C14H19NO4/c1-18-13(16)8-6-10-4-3-5-12(15)11(10)7-9-14(17)19-2/h3-5H,6-9,15H2,1-2H3. The number of nitrogens with two attached hydrogens (primary N) is 1. The zero-order valence-electron chi connectivity index (χ0n) is 11.3. The van der Waals surface area contributed by atoms with Crippen LogP contribution in [0.5, 0.6) is 0 Å². The first-order valence-corrected chi connectivity index (χ1v) is 6.08. The fourth-order valence-electron chi connectivity index (χ4n) is 1.86. The van der Waals surface area contributed by atoms with Crippen molar-refractivity contribution in [3.8, 4) is 0 Å². The number of hydrogen-bond acceptors (Lipinski definition) is 5. The molecule has 19 heavy (non-hydrogen) atoms. The molecule has 104 valence electrons. The minimum atomic E-state index is -0.276. The third-order valence-corrected chi connectivity index (χ3v) is 2.94. The molecule has 1 aromatic rings. The Morgan fingerprint density at radius 2 is 1.63 bits per heavy atom. The number of methoxy groups -OCH3 is 2. The van der Waals surface area contributed by atoms with Crippen molar-refractivity contribution in [2.45, 2.75) is 25.7 Å². The van der Waals surface area contributed by atoms with Crippen LogP contribution in [0.3, 0.4) is 0 Å². The van der Waals surface area contributed by atoms with Crippen LogP contribution in [0.1, 0.15) is 24.0 Å². The van der Waals surface area contributed by atoms with Crippen LogP contribution in [0, 0.1) is 0 Å². The first-order valence-electron chi connectivity index (χ1n) is 6.08. The summed E-state index contributed by atoms with van der Waals surface area (Å²) in [5.41, 5.74) is 8.42. The summed E-state index contributed by atoms with van der Waals surface area (Å²) in [6.07, 6.45) is 1.63. The summed E-state index contributed by atoms with van der Waals surface area (Å²) in [6.45, 7) is 0. The minimum Gasteiger partial charge on any atom is -0.469 e. The third kappa shape index (κ3) is 4.62. The van der Waals surface area contributed by atoms with Gasteiger partial charge in [-0.1, -0.05) is 12.1 Å². The molecule has 0 spiro atoms. The molecular formula is C14H19NO4. The van der Waals surface area contributed by atoms with Gasteiger partial charge >= 0.3 is 11.9 Å². The fraction of sp³-hybridized carbons (Fsp3) is 0.429. The molecule has 0 aromatic heterocycles. The predicted molar refractivity (Wildman–Crippen MR) is 71.5 cm³/mol. The molecule has 0 fully saturated rings. The predicted octanol–water partition coefficient (Wildman–Crippen LogP) is 1.48. The molecule has 2 N–H and O–H groups in total. The molecule has 0 aliphatic rings. The van der Waals surface area contributed by atoms with Crippen molar-refractivity contribution in [3.63, 3.8) is 0 Å². The van der Waals surface area contributed by atoms with Crippen molar-refractivity contribution < 1.29 is 19.1 Å². The molecule has 0 aliphatic heterocycles. The number of aryl methyl sites for hydroxylation is 1. The van der Waals surface area contributed by atoms with E-state index in [9.17, 15) is 9.59 Å². The molecular weight excluding hydrogens is 246 g/mol. The van der Waals surface area contributed by atoms with Crippen LogP contribution >= 0.6 is 0 Å². The van der Waals surface area contributed by atoms with Gasteiger partial charge in [0.05, 0.1) is 14.2 Å². The van der Waals surface area contributed by atoms with E-state index in [2.05, 4.69) is 9.47 Å². The van der Waals surface area contributed by atoms with Crippen molar-refractivity contribution in [1.29, 1.82) is 0 Å². The molecule has 1 aromatic carbocycles. The summed E-state index contributed by atoms with van der Waals surface area (Å²) >= 11 is 0. The smallest absolute Gasteiger partial charge is 0.305 e. The number of benzene rings is 1. The van der Waals surface area contributed by atoms with Gasteiger partial charge in [0.25, 0.3) is 0 Å². The lowest BCUT2D eigenvalue weighted by atomic mass is 9.97. The Kier molecular flexibility index (Phi) is 5.85. The second-order valence-electron chi connectivity index (χ2n) is 4.14. The highest BCUT2D eigenvalue weighted by Crippen LogP contribution is 2.20. The lowest BCUT2D eigenvalue weighted by Crippen LogP contribution is -2.08. The maximum absolute atomic E-state index is 11.2. The van der Waals surface area contributed by atoms with Crippen LogP contribution < -0.4 is 5.73 Å². The van der Waals surface area contributed by atoms with E-state index in [0.717, 1.165) is 11.1 Å². The normalized spacial score (nSPS) is 10.0. The monoisotopic (exact) mass is 265 g/mol. The Morgan fingerprint density at radius 3 is 2.21 bits per heavy atom. The average Bonchev–Trinajstić information content (AvgIpc) is 2.43. The lowest BCUT2D eigenvalue weighted by Gasteiger charge is -2.11. The fourth-order valence-corrected chi connectivity index (χ4v) is 1.86. The van der Waals surface area contributed by atoms with Gasteiger partial charge in [0.15, 0.2) is 0 Å². The highest BCUT2D eigenvalue weighted by Gasteiger charge is 2.11. The SMILES string of the molecule is COC(=O)CCc1cccc(N)c1CCC(=O)OC. The van der Waals surface area contributed by atoms with Crippen LogP contribution in [0.2, 0.25) is 0 Å². The van der Waals surface area contributed by atoms with E-state index in [0.29, 0.717) is 24.9 Å². The average molecular weight is 265 g/mol. The Morgan fingerprint density at radius 1 is 1.05 bits per heavy atom. The molecule has 0 amide bonds. The molecule has 0 saturated heterocycles. The van der Waals surface area contributed by atoms with Gasteiger partial charge in [-0.3, -0.25) is 9.59 Å². The number of nitrogen functional groups attached to an aromatic ring is 1. The van der Waals surface area contributed by atoms with Crippen LogP contribution in [0.25, 0.3) is 0 Å². The summed E-state index contributed by atoms with van der Waals surface area (Å²) in [4.78, 5) is 22.3. The van der Waals surface area contributed by atoms with Gasteiger partial charge in [-0.05, 0) is 30.0 Å². The van der Waals surface area contributed by atoms with E-state index in [1.54, 1.807) is 6.07 Å². The van der Waals surface area contributed by atoms with Gasteiger partial charge in [-0.15, -0.1) is 0 Å². The lowest BCUT2D eigenvalue weighted by molar-refractivity contribution is -0.141. The molecule has 0 bridgehead atoms. The summed E-state index contributed by atoms with van der Waals surface area (Å²) in [6, 6.07) is 5.53. The minimum absolute atomic E-state index is 0.263. The quantitative estimate of drug-likeness (QED) is 0.622. The van der Waals surface area contributed by atoms with E-state index in [1.807, 2.05) is 12.1 Å². The van der Waals surface area contributed by atoms with Crippen molar-refractivity contribution >= 4 is 17.6 Å². The number of rotatable bonds is 6. The van der Waals surface area contributed by atoms with Gasteiger partial charge in [-0.2, -0.15) is 0 Å². The van der Waals surface area contributed by atoms with Gasteiger partial charge in [-0.25, -0.2) is 0 Å². The van der Waals surface area contributed by atoms with Crippen LogP contribution in [0.15, 0.2) is 18.2 Å². The Hall–Kier alpha value is -2.04. The molecule has 0 atom stereocenters. The van der Waals surface area contributed by atoms with Crippen LogP contribution in [-0.2, 0) is 31.9 Å². The van der Waals surface area contributed by atoms with Gasteiger partial charge in [0.2, 0.25) is 0 Å². The summed E-state index contributed by atoms with van der Waals surface area (Å²) < 4.78 is 9.23. The third-order valence-electron chi connectivity index (χ3n) is 2.94. The molecule has 0 radical (unpaired) electrons. The second-order valence-corrected chi connectivity index (χ2v) is 4.14. The summed E-state index contributed by atoms with van der Waals surface area (Å²) in [5.74, 6) is -0.538. The van der Waals surface area contributed by atoms with E-state index < -0.39 is 0 Å². The van der Waals surface area contributed by atoms with Crippen molar-refractivity contribution in [1.82, 2.24) is 0 Å². The molecule has 0 unspecified atom stereocenters. The zero-order chi connectivity index (χ0) is 14.3. The maximum atomic E-state index is 11.2. The number of carbonyl (C=O) groups is 2. The van der Waals surface area contributed by atoms with Gasteiger partial charge in [0.1, 0.15) is 0 Å². The largest absolute Gasteiger partial charge is 0.469 e. The molecule has 0 heterocycles. The molecule has 0 aliphatic carbocycles. The summed E-state index contributed by atoms with van der Waals surface area (Å²) in [7, 11) is 2.72.